The third kappa shape index (κ3) is 3.74. The molecule has 4 fully saturated rings. The number of nitrogen functional groups attached to an aromatic ring is 1. The van der Waals surface area contributed by atoms with Gasteiger partial charge in [-0.25, -0.2) is 0 Å². The summed E-state index contributed by atoms with van der Waals surface area (Å²) in [5.41, 5.74) is 8.44. The number of piperidine rings is 3. The van der Waals surface area contributed by atoms with E-state index in [0.29, 0.717) is 31.1 Å². The number of carbonyl (C=O) groups is 1. The first-order chi connectivity index (χ1) is 14.2. The van der Waals surface area contributed by atoms with Crippen molar-refractivity contribution in [1.29, 1.82) is 0 Å². The first-order valence-electron chi connectivity index (χ1n) is 10.5. The van der Waals surface area contributed by atoms with Gasteiger partial charge < -0.3 is 15.4 Å². The molecule has 0 saturated carbocycles. The minimum atomic E-state index is 0.136. The predicted molar refractivity (Wildman–Crippen MR) is 109 cm³/mol. The van der Waals surface area contributed by atoms with Crippen molar-refractivity contribution in [3.63, 3.8) is 0 Å². The summed E-state index contributed by atoms with van der Waals surface area (Å²) in [6, 6.07) is 8.13. The molecule has 1 aromatic heterocycles. The summed E-state index contributed by atoms with van der Waals surface area (Å²) in [6.45, 7) is 5.54. The van der Waals surface area contributed by atoms with Crippen LogP contribution in [0.3, 0.4) is 0 Å². The third-order valence-electron chi connectivity index (χ3n) is 6.64. The molecule has 8 nitrogen and oxygen atoms in total. The molecule has 1 amide bonds. The van der Waals surface area contributed by atoms with Gasteiger partial charge >= 0.3 is 0 Å². The highest BCUT2D eigenvalue weighted by atomic mass is 16.5. The third-order valence-corrected chi connectivity index (χ3v) is 6.64. The molecule has 154 valence electrons. The fourth-order valence-corrected chi connectivity index (χ4v) is 5.06. The highest BCUT2D eigenvalue weighted by molar-refractivity contribution is 5.79. The Labute approximate surface area is 170 Å². The summed E-state index contributed by atoms with van der Waals surface area (Å²) < 4.78 is 7.33. The van der Waals surface area contributed by atoms with Crippen LogP contribution in [-0.2, 0) is 16.1 Å². The Morgan fingerprint density at radius 3 is 2.86 bits per heavy atom. The molecule has 4 aliphatic heterocycles. The Balaban J connectivity index is 1.24. The van der Waals surface area contributed by atoms with Crippen LogP contribution in [-0.4, -0.2) is 76.1 Å². The molecule has 4 saturated heterocycles. The van der Waals surface area contributed by atoms with Crippen molar-refractivity contribution in [2.45, 2.75) is 25.4 Å². The van der Waals surface area contributed by atoms with Gasteiger partial charge in [0.25, 0.3) is 0 Å². The lowest BCUT2D eigenvalue weighted by Crippen LogP contribution is -2.59. The summed E-state index contributed by atoms with van der Waals surface area (Å²) in [5, 5.41) is 8.66. The van der Waals surface area contributed by atoms with Crippen molar-refractivity contribution >= 4 is 11.6 Å². The number of fused-ring (bicyclic) bond motifs is 3. The normalized spacial score (nSPS) is 29.2. The Hall–Kier alpha value is -2.45. The number of aromatic nitrogens is 3. The number of carbonyl (C=O) groups excluding carboxylic acids is 1. The fourth-order valence-electron chi connectivity index (χ4n) is 5.06. The zero-order valence-electron chi connectivity index (χ0n) is 16.6. The topological polar surface area (TPSA) is 89.5 Å². The van der Waals surface area contributed by atoms with Crippen LogP contribution >= 0.6 is 0 Å². The predicted octanol–water partition coefficient (Wildman–Crippen LogP) is 1.10. The van der Waals surface area contributed by atoms with Crippen molar-refractivity contribution in [3.8, 4) is 11.3 Å². The number of nitrogens with zero attached hydrogens (tertiary/aromatic N) is 5. The van der Waals surface area contributed by atoms with E-state index < -0.39 is 0 Å². The van der Waals surface area contributed by atoms with E-state index in [1.54, 1.807) is 0 Å². The van der Waals surface area contributed by atoms with Gasteiger partial charge in [0.2, 0.25) is 5.91 Å². The second kappa shape index (κ2) is 7.76. The number of morpholine rings is 1. The number of rotatable bonds is 4. The zero-order chi connectivity index (χ0) is 19.8. The Bertz CT molecular complexity index is 878. The van der Waals surface area contributed by atoms with Crippen molar-refractivity contribution < 1.29 is 9.53 Å². The molecule has 0 aliphatic carbocycles. The van der Waals surface area contributed by atoms with E-state index in [1.807, 2.05) is 40.0 Å². The molecule has 1 unspecified atom stereocenters. The second-order valence-electron chi connectivity index (χ2n) is 8.43. The van der Waals surface area contributed by atoms with Crippen LogP contribution in [0.25, 0.3) is 11.3 Å². The smallest absolute Gasteiger partial charge is 0.227 e. The van der Waals surface area contributed by atoms with Crippen LogP contribution < -0.4 is 5.73 Å². The molecule has 5 heterocycles. The lowest BCUT2D eigenvalue weighted by molar-refractivity contribution is -0.148. The molecule has 0 spiro atoms. The lowest BCUT2D eigenvalue weighted by atomic mass is 9.75. The van der Waals surface area contributed by atoms with Crippen LogP contribution in [0.5, 0.6) is 0 Å². The van der Waals surface area contributed by atoms with Crippen LogP contribution in [0.1, 0.15) is 12.8 Å². The van der Waals surface area contributed by atoms with Crippen molar-refractivity contribution in [3.05, 3.63) is 30.5 Å². The fraction of sp³-hybridized carbons (Fsp3) is 0.571. The largest absolute Gasteiger partial charge is 0.399 e. The molecule has 29 heavy (non-hydrogen) atoms. The highest BCUT2D eigenvalue weighted by Crippen LogP contribution is 2.38. The number of amides is 1. The Morgan fingerprint density at radius 1 is 1.24 bits per heavy atom. The maximum absolute atomic E-state index is 13.0. The lowest BCUT2D eigenvalue weighted by Gasteiger charge is -2.50. The highest BCUT2D eigenvalue weighted by Gasteiger charge is 2.44. The molecular weight excluding hydrogens is 368 g/mol. The monoisotopic (exact) mass is 396 g/mol. The Kier molecular flexibility index (Phi) is 4.97. The molecule has 4 atom stereocenters. The number of hydrogen-bond donors (Lipinski definition) is 1. The molecule has 1 aromatic carbocycles. The maximum atomic E-state index is 13.0. The Morgan fingerprint density at radius 2 is 2.10 bits per heavy atom. The average Bonchev–Trinajstić information content (AvgIpc) is 3.23. The molecule has 4 aliphatic rings. The summed E-state index contributed by atoms with van der Waals surface area (Å²) in [6.07, 6.45) is 4.16. The first kappa shape index (κ1) is 18.6. The quantitative estimate of drug-likeness (QED) is 0.779. The van der Waals surface area contributed by atoms with E-state index in [-0.39, 0.29) is 5.92 Å². The summed E-state index contributed by atoms with van der Waals surface area (Å²) in [7, 11) is 0. The second-order valence-corrected chi connectivity index (χ2v) is 8.43. The van der Waals surface area contributed by atoms with E-state index in [4.69, 9.17) is 10.5 Å². The molecule has 6 rings (SSSR count). The van der Waals surface area contributed by atoms with E-state index in [9.17, 15) is 4.79 Å². The van der Waals surface area contributed by atoms with Crippen molar-refractivity contribution in [2.24, 2.45) is 11.8 Å². The number of anilines is 1. The molecule has 2 N–H and O–H groups in total. The van der Waals surface area contributed by atoms with Gasteiger partial charge in [-0.1, -0.05) is 17.3 Å². The van der Waals surface area contributed by atoms with E-state index in [1.165, 1.54) is 0 Å². The van der Waals surface area contributed by atoms with Gasteiger partial charge in [0.05, 0.1) is 31.9 Å². The van der Waals surface area contributed by atoms with Gasteiger partial charge in [0.1, 0.15) is 5.69 Å². The van der Waals surface area contributed by atoms with Crippen molar-refractivity contribution in [2.75, 3.05) is 45.1 Å². The average molecular weight is 396 g/mol. The van der Waals surface area contributed by atoms with Gasteiger partial charge in [-0.05, 0) is 37.4 Å². The number of hydrogen-bond acceptors (Lipinski definition) is 6. The summed E-state index contributed by atoms with van der Waals surface area (Å²) in [4.78, 5) is 17.5. The van der Waals surface area contributed by atoms with Crippen LogP contribution in [0.15, 0.2) is 30.5 Å². The van der Waals surface area contributed by atoms with E-state index >= 15 is 0 Å². The minimum absolute atomic E-state index is 0.136. The number of nitrogens with two attached hydrogens (primary N) is 1. The van der Waals surface area contributed by atoms with Gasteiger partial charge in [-0.15, -0.1) is 5.10 Å². The van der Waals surface area contributed by atoms with Crippen LogP contribution in [0.2, 0.25) is 0 Å². The van der Waals surface area contributed by atoms with Gasteiger partial charge in [-0.3, -0.25) is 14.4 Å². The molecular formula is C21H28N6O2. The van der Waals surface area contributed by atoms with Crippen LogP contribution in [0, 0.1) is 11.8 Å². The molecule has 8 heteroatoms. The summed E-state index contributed by atoms with van der Waals surface area (Å²) in [5.74, 6) is 0.931. The van der Waals surface area contributed by atoms with Gasteiger partial charge in [-0.2, -0.15) is 0 Å². The number of benzene rings is 1. The first-order valence-corrected chi connectivity index (χ1v) is 10.5. The van der Waals surface area contributed by atoms with E-state index in [0.717, 1.165) is 62.5 Å². The van der Waals surface area contributed by atoms with E-state index in [2.05, 4.69) is 15.2 Å². The number of ether oxygens (including phenoxy) is 1. The zero-order valence-corrected chi connectivity index (χ0v) is 16.6. The molecule has 2 bridgehead atoms. The SMILES string of the molecule is Nc1cccc(-c2cn(C[C@H]3C[C@@H]4CCN3C[C@@H]4C(=O)N3CCOCC3)nn2)c1. The van der Waals surface area contributed by atoms with Crippen molar-refractivity contribution in [1.82, 2.24) is 24.8 Å². The molecule has 2 aromatic rings. The minimum Gasteiger partial charge on any atom is -0.399 e. The maximum Gasteiger partial charge on any atom is 0.227 e. The van der Waals surface area contributed by atoms with Gasteiger partial charge in [0, 0.05) is 36.9 Å². The standard InChI is InChI=1S/C21H28N6O2/c22-17-3-1-2-16(10-17)20-14-27(24-23-20)12-18-11-15-4-5-26(18)13-19(15)21(28)25-6-8-29-9-7-25/h1-3,10,14-15,18-19H,4-9,11-13,22H2/t15-,18+,19-/m0/s1. The summed E-state index contributed by atoms with van der Waals surface area (Å²) >= 11 is 0. The molecule has 0 radical (unpaired) electrons. The van der Waals surface area contributed by atoms with Gasteiger partial charge in [0.15, 0.2) is 0 Å². The van der Waals surface area contributed by atoms with Crippen LogP contribution in [0.4, 0.5) is 5.69 Å².